The second kappa shape index (κ2) is 9.67. The number of carbonyl (C=O) groups is 1. The summed E-state index contributed by atoms with van der Waals surface area (Å²) in [5.74, 6) is 0.123. The van der Waals surface area contributed by atoms with Crippen molar-refractivity contribution in [2.75, 3.05) is 19.6 Å². The standard InChI is InChI=1S/C22H35N3O2/c23-17-22(10-2-1-3-11-22)14-21(27)24-15-18-4-6-19(7-5-18)16-25-12-8-20(26)9-13-25/h4-7,20,26H,1-3,8-17,23H2,(H,24,27). The molecule has 0 aromatic heterocycles. The van der Waals surface area contributed by atoms with Crippen molar-refractivity contribution in [2.45, 2.75) is 70.6 Å². The van der Waals surface area contributed by atoms with Crippen LogP contribution in [0.2, 0.25) is 0 Å². The highest BCUT2D eigenvalue weighted by molar-refractivity contribution is 5.76. The lowest BCUT2D eigenvalue weighted by atomic mass is 9.71. The summed E-state index contributed by atoms with van der Waals surface area (Å²) in [6.45, 7) is 4.04. The Hall–Kier alpha value is -1.43. The number of likely N-dealkylation sites (tertiary alicyclic amines) is 1. The molecule has 27 heavy (non-hydrogen) atoms. The first-order valence-electron chi connectivity index (χ1n) is 10.5. The number of carbonyl (C=O) groups excluding carboxylic acids is 1. The molecular formula is C22H35N3O2. The molecule has 4 N–H and O–H groups in total. The summed E-state index contributed by atoms with van der Waals surface area (Å²) in [5, 5.41) is 12.7. The number of nitrogens with two attached hydrogens (primary N) is 1. The maximum atomic E-state index is 12.4. The maximum Gasteiger partial charge on any atom is 0.220 e. The second-order valence-electron chi connectivity index (χ2n) is 8.54. The molecule has 1 aliphatic carbocycles. The highest BCUT2D eigenvalue weighted by Gasteiger charge is 2.32. The van der Waals surface area contributed by atoms with E-state index >= 15 is 0 Å². The predicted molar refractivity (Wildman–Crippen MR) is 108 cm³/mol. The van der Waals surface area contributed by atoms with Gasteiger partial charge in [0.15, 0.2) is 0 Å². The van der Waals surface area contributed by atoms with Crippen LogP contribution in [-0.4, -0.2) is 41.7 Å². The summed E-state index contributed by atoms with van der Waals surface area (Å²) in [5.41, 5.74) is 8.43. The predicted octanol–water partition coefficient (Wildman–Crippen LogP) is 2.56. The van der Waals surface area contributed by atoms with Crippen molar-refractivity contribution >= 4 is 5.91 Å². The average Bonchev–Trinajstić information content (AvgIpc) is 2.70. The molecule has 5 heteroatoms. The van der Waals surface area contributed by atoms with Gasteiger partial charge < -0.3 is 16.2 Å². The third-order valence-corrected chi connectivity index (χ3v) is 6.36. The van der Waals surface area contributed by atoms with Crippen molar-refractivity contribution in [3.05, 3.63) is 35.4 Å². The van der Waals surface area contributed by atoms with Crippen LogP contribution in [0.1, 0.15) is 62.5 Å². The van der Waals surface area contributed by atoms with Gasteiger partial charge in [-0.05, 0) is 48.8 Å². The molecule has 5 nitrogen and oxygen atoms in total. The molecule has 2 fully saturated rings. The largest absolute Gasteiger partial charge is 0.393 e. The Morgan fingerprint density at radius 1 is 1.11 bits per heavy atom. The van der Waals surface area contributed by atoms with E-state index in [1.807, 2.05) is 0 Å². The van der Waals surface area contributed by atoms with E-state index in [0.29, 0.717) is 19.5 Å². The van der Waals surface area contributed by atoms with E-state index in [4.69, 9.17) is 5.73 Å². The van der Waals surface area contributed by atoms with Crippen LogP contribution >= 0.6 is 0 Å². The van der Waals surface area contributed by atoms with Gasteiger partial charge >= 0.3 is 0 Å². The third-order valence-electron chi connectivity index (χ3n) is 6.36. The summed E-state index contributed by atoms with van der Waals surface area (Å²) >= 11 is 0. The van der Waals surface area contributed by atoms with E-state index in [1.54, 1.807) is 0 Å². The summed E-state index contributed by atoms with van der Waals surface area (Å²) in [4.78, 5) is 14.8. The highest BCUT2D eigenvalue weighted by Crippen LogP contribution is 2.38. The number of amides is 1. The molecule has 1 saturated heterocycles. The number of benzene rings is 1. The number of hydrogen-bond acceptors (Lipinski definition) is 4. The van der Waals surface area contributed by atoms with Gasteiger partial charge in [0.25, 0.3) is 0 Å². The van der Waals surface area contributed by atoms with Crippen LogP contribution in [0.3, 0.4) is 0 Å². The number of nitrogens with one attached hydrogen (secondary N) is 1. The lowest BCUT2D eigenvalue weighted by Crippen LogP contribution is -2.38. The van der Waals surface area contributed by atoms with Gasteiger partial charge in [0.2, 0.25) is 5.91 Å². The molecule has 1 saturated carbocycles. The van der Waals surface area contributed by atoms with Gasteiger partial charge in [-0.2, -0.15) is 0 Å². The highest BCUT2D eigenvalue weighted by atomic mass is 16.3. The van der Waals surface area contributed by atoms with Gasteiger partial charge in [-0.15, -0.1) is 0 Å². The van der Waals surface area contributed by atoms with Crippen LogP contribution in [0.25, 0.3) is 0 Å². The van der Waals surface area contributed by atoms with Gasteiger partial charge in [0.05, 0.1) is 6.10 Å². The molecule has 0 radical (unpaired) electrons. The molecule has 1 aromatic carbocycles. The van der Waals surface area contributed by atoms with Crippen LogP contribution < -0.4 is 11.1 Å². The van der Waals surface area contributed by atoms with Crippen molar-refractivity contribution in [1.82, 2.24) is 10.2 Å². The fourth-order valence-corrected chi connectivity index (χ4v) is 4.46. The van der Waals surface area contributed by atoms with Crippen LogP contribution in [0.5, 0.6) is 0 Å². The van der Waals surface area contributed by atoms with Crippen LogP contribution in [0, 0.1) is 5.41 Å². The summed E-state index contributed by atoms with van der Waals surface area (Å²) in [6, 6.07) is 8.51. The maximum absolute atomic E-state index is 12.4. The van der Waals surface area contributed by atoms with E-state index in [9.17, 15) is 9.90 Å². The lowest BCUT2D eigenvalue weighted by molar-refractivity contribution is -0.124. The minimum atomic E-state index is -0.126. The first-order chi connectivity index (χ1) is 13.1. The lowest BCUT2D eigenvalue weighted by Gasteiger charge is -2.35. The number of aliphatic hydroxyl groups excluding tert-OH is 1. The Kier molecular flexibility index (Phi) is 7.27. The molecule has 1 aliphatic heterocycles. The number of hydrogen-bond donors (Lipinski definition) is 3. The van der Waals surface area contributed by atoms with Crippen molar-refractivity contribution in [1.29, 1.82) is 0 Å². The number of aliphatic hydroxyl groups is 1. The fraction of sp³-hybridized carbons (Fsp3) is 0.682. The first-order valence-corrected chi connectivity index (χ1v) is 10.5. The van der Waals surface area contributed by atoms with Crippen molar-refractivity contribution in [3.8, 4) is 0 Å². The van der Waals surface area contributed by atoms with Gasteiger partial charge in [0.1, 0.15) is 0 Å². The third kappa shape index (κ3) is 6.03. The van der Waals surface area contributed by atoms with Crippen molar-refractivity contribution in [3.63, 3.8) is 0 Å². The Bertz CT molecular complexity index is 588. The molecule has 1 heterocycles. The molecule has 3 rings (SSSR count). The minimum absolute atomic E-state index is 0.0220. The van der Waals surface area contributed by atoms with Crippen LogP contribution in [0.15, 0.2) is 24.3 Å². The Morgan fingerprint density at radius 3 is 2.37 bits per heavy atom. The Labute approximate surface area is 163 Å². The normalized spacial score (nSPS) is 21.1. The zero-order chi connectivity index (χ0) is 19.1. The topological polar surface area (TPSA) is 78.6 Å². The van der Waals surface area contributed by atoms with Crippen molar-refractivity contribution in [2.24, 2.45) is 11.1 Å². The number of rotatable bonds is 7. The molecule has 0 spiro atoms. The van der Waals surface area contributed by atoms with Gasteiger partial charge in [0, 0.05) is 32.6 Å². The van der Waals surface area contributed by atoms with E-state index < -0.39 is 0 Å². The zero-order valence-corrected chi connectivity index (χ0v) is 16.5. The Balaban J connectivity index is 1.43. The van der Waals surface area contributed by atoms with E-state index in [1.165, 1.54) is 24.8 Å². The quantitative estimate of drug-likeness (QED) is 0.686. The molecule has 0 atom stereocenters. The summed E-state index contributed by atoms with van der Waals surface area (Å²) in [6.07, 6.45) is 8.00. The second-order valence-corrected chi connectivity index (χ2v) is 8.54. The zero-order valence-electron chi connectivity index (χ0n) is 16.5. The molecule has 0 bridgehead atoms. The SMILES string of the molecule is NCC1(CC(=O)NCc2ccc(CN3CCC(O)CC3)cc2)CCCCC1. The van der Waals surface area contributed by atoms with E-state index in [-0.39, 0.29) is 17.4 Å². The fourth-order valence-electron chi connectivity index (χ4n) is 4.46. The summed E-state index contributed by atoms with van der Waals surface area (Å²) in [7, 11) is 0. The monoisotopic (exact) mass is 373 g/mol. The number of nitrogens with zero attached hydrogens (tertiary/aromatic N) is 1. The first kappa shape index (κ1) is 20.3. The molecule has 0 unspecified atom stereocenters. The number of piperidine rings is 1. The molecule has 1 amide bonds. The van der Waals surface area contributed by atoms with Gasteiger partial charge in [-0.25, -0.2) is 0 Å². The van der Waals surface area contributed by atoms with E-state index in [2.05, 4.69) is 34.5 Å². The molecule has 1 aromatic rings. The van der Waals surface area contributed by atoms with Gasteiger partial charge in [-0.3, -0.25) is 9.69 Å². The summed E-state index contributed by atoms with van der Waals surface area (Å²) < 4.78 is 0. The molecular weight excluding hydrogens is 338 g/mol. The van der Waals surface area contributed by atoms with E-state index in [0.717, 1.165) is 50.9 Å². The van der Waals surface area contributed by atoms with Crippen LogP contribution in [0.4, 0.5) is 0 Å². The molecule has 150 valence electrons. The smallest absolute Gasteiger partial charge is 0.220 e. The average molecular weight is 374 g/mol. The minimum Gasteiger partial charge on any atom is -0.393 e. The van der Waals surface area contributed by atoms with Gasteiger partial charge in [-0.1, -0.05) is 43.5 Å². The molecule has 2 aliphatic rings. The van der Waals surface area contributed by atoms with Crippen LogP contribution in [-0.2, 0) is 17.9 Å². The van der Waals surface area contributed by atoms with Crippen molar-refractivity contribution < 1.29 is 9.90 Å². The Morgan fingerprint density at radius 2 is 1.74 bits per heavy atom.